The molecule has 6 aliphatic rings. The van der Waals surface area contributed by atoms with Crippen molar-refractivity contribution in [1.29, 1.82) is 0 Å². The first-order chi connectivity index (χ1) is 19.3. The van der Waals surface area contributed by atoms with Crippen molar-refractivity contribution in [3.8, 4) is 0 Å². The van der Waals surface area contributed by atoms with Gasteiger partial charge in [-0.2, -0.15) is 0 Å². The molecule has 6 rings (SSSR count). The molecule has 10 nitrogen and oxygen atoms in total. The zero-order valence-corrected chi connectivity index (χ0v) is 24.5. The third-order valence-electron chi connectivity index (χ3n) is 12.3. The number of hydrogen-bond donors (Lipinski definition) is 4. The van der Waals surface area contributed by atoms with Crippen LogP contribution in [0.5, 0.6) is 0 Å². The van der Waals surface area contributed by atoms with Crippen molar-refractivity contribution in [1.82, 2.24) is 0 Å². The van der Waals surface area contributed by atoms with Crippen molar-refractivity contribution in [2.24, 2.45) is 34.5 Å². The van der Waals surface area contributed by atoms with Gasteiger partial charge in [0.2, 0.25) is 0 Å². The standard InChI is InChI=1S/C31H46O10/c1-15-25(34)26(35)27(36)28(39-15)41-19-7-9-29(3)18(12-19)5-6-21-20(29)8-10-30(4)24(17-11-23(33)38-14-17)22(40-16(2)32)13-31(21,30)37/h11,15,18-22,24-28,34-37H,5-10,12-14H2,1-4H3/t15-,18-,19+,20?,21?,22?,24?,25+,26-,27-,28+,29+,30-,31+/m1/s1. The summed E-state index contributed by atoms with van der Waals surface area (Å²) >= 11 is 0. The molecule has 4 aliphatic carbocycles. The summed E-state index contributed by atoms with van der Waals surface area (Å²) in [6.07, 6.45) is 1.79. The molecule has 0 aromatic heterocycles. The zero-order valence-electron chi connectivity index (χ0n) is 24.5. The maximum Gasteiger partial charge on any atom is 0.331 e. The number of cyclic esters (lactones) is 1. The Morgan fingerprint density at radius 1 is 1.02 bits per heavy atom. The fourth-order valence-electron chi connectivity index (χ4n) is 10.2. The van der Waals surface area contributed by atoms with Gasteiger partial charge < -0.3 is 39.4 Å². The van der Waals surface area contributed by atoms with E-state index >= 15 is 0 Å². The first-order valence-electron chi connectivity index (χ1n) is 15.4. The second kappa shape index (κ2) is 10.3. The van der Waals surface area contributed by atoms with Crippen LogP contribution in [0.1, 0.15) is 79.1 Å². The van der Waals surface area contributed by atoms with Crippen LogP contribution in [-0.4, -0.2) is 87.5 Å². The number of esters is 2. The molecule has 230 valence electrons. The van der Waals surface area contributed by atoms with Crippen molar-refractivity contribution in [2.75, 3.05) is 6.61 Å². The van der Waals surface area contributed by atoms with Crippen LogP contribution in [0.15, 0.2) is 11.6 Å². The highest BCUT2D eigenvalue weighted by Gasteiger charge is 2.71. The van der Waals surface area contributed by atoms with E-state index < -0.39 is 47.8 Å². The predicted molar refractivity (Wildman–Crippen MR) is 144 cm³/mol. The summed E-state index contributed by atoms with van der Waals surface area (Å²) in [6.45, 7) is 7.70. The topological polar surface area (TPSA) is 152 Å². The van der Waals surface area contributed by atoms with Gasteiger partial charge in [-0.05, 0) is 80.6 Å². The first-order valence-corrected chi connectivity index (χ1v) is 15.4. The fraction of sp³-hybridized carbons (Fsp3) is 0.871. The summed E-state index contributed by atoms with van der Waals surface area (Å²) in [5, 5.41) is 43.4. The van der Waals surface area contributed by atoms with Crippen LogP contribution in [-0.2, 0) is 28.5 Å². The van der Waals surface area contributed by atoms with Gasteiger partial charge in [-0.3, -0.25) is 4.79 Å². The van der Waals surface area contributed by atoms with E-state index in [4.69, 9.17) is 18.9 Å². The van der Waals surface area contributed by atoms with E-state index in [2.05, 4.69) is 13.8 Å². The van der Waals surface area contributed by atoms with Gasteiger partial charge in [0.1, 0.15) is 31.0 Å². The monoisotopic (exact) mass is 578 g/mol. The van der Waals surface area contributed by atoms with Crippen LogP contribution in [0.2, 0.25) is 0 Å². The van der Waals surface area contributed by atoms with Crippen LogP contribution >= 0.6 is 0 Å². The van der Waals surface area contributed by atoms with Gasteiger partial charge in [0.05, 0.1) is 17.8 Å². The molecule has 4 unspecified atom stereocenters. The minimum absolute atomic E-state index is 0.00437. The van der Waals surface area contributed by atoms with E-state index in [1.54, 1.807) is 6.92 Å². The molecule has 2 aliphatic heterocycles. The summed E-state index contributed by atoms with van der Waals surface area (Å²) in [5.74, 6) is -0.326. The van der Waals surface area contributed by atoms with Crippen LogP contribution in [0.3, 0.4) is 0 Å². The highest BCUT2D eigenvalue weighted by Crippen LogP contribution is 2.70. The number of aliphatic hydroxyl groups excluding tert-OH is 3. The Morgan fingerprint density at radius 2 is 1.78 bits per heavy atom. The number of carbonyl (C=O) groups is 2. The first kappa shape index (κ1) is 29.5. The second-order valence-electron chi connectivity index (χ2n) is 14.2. The minimum atomic E-state index is -1.32. The molecule has 41 heavy (non-hydrogen) atoms. The molecule has 0 radical (unpaired) electrons. The lowest BCUT2D eigenvalue weighted by Crippen LogP contribution is -2.62. The molecule has 2 heterocycles. The number of hydrogen-bond acceptors (Lipinski definition) is 10. The summed E-state index contributed by atoms with van der Waals surface area (Å²) in [7, 11) is 0. The molecule has 14 atom stereocenters. The molecule has 4 saturated carbocycles. The van der Waals surface area contributed by atoms with Gasteiger partial charge in [-0.25, -0.2) is 4.79 Å². The van der Waals surface area contributed by atoms with Crippen molar-refractivity contribution >= 4 is 11.9 Å². The van der Waals surface area contributed by atoms with Gasteiger partial charge in [0, 0.05) is 30.8 Å². The molecule has 0 amide bonds. The Morgan fingerprint density at radius 3 is 2.46 bits per heavy atom. The van der Waals surface area contributed by atoms with Gasteiger partial charge in [0.25, 0.3) is 0 Å². The molecule has 0 aromatic rings. The summed E-state index contributed by atoms with van der Waals surface area (Å²) in [4.78, 5) is 24.1. The SMILES string of the molecule is CC(=O)OC1C[C@]2(O)C3CC[C@@H]4C[C@@H](O[C@@H]5O[C@H](C)[C@H](O)[C@@H](O)[C@H]5O)CC[C@]4(C)C3CC[C@]2(C)C1C1=CC(=O)OC1. The van der Waals surface area contributed by atoms with Crippen LogP contribution in [0, 0.1) is 34.5 Å². The Labute approximate surface area is 241 Å². The van der Waals surface area contributed by atoms with Crippen LogP contribution in [0.4, 0.5) is 0 Å². The normalized spacial score (nSPS) is 53.0. The molecule has 10 heteroatoms. The fourth-order valence-corrected chi connectivity index (χ4v) is 10.2. The molecule has 5 fully saturated rings. The molecule has 1 saturated heterocycles. The van der Waals surface area contributed by atoms with Crippen molar-refractivity contribution in [3.05, 3.63) is 11.6 Å². The lowest BCUT2D eigenvalue weighted by molar-refractivity contribution is -0.310. The molecule has 0 aromatic carbocycles. The second-order valence-corrected chi connectivity index (χ2v) is 14.2. The summed E-state index contributed by atoms with van der Waals surface area (Å²) in [6, 6.07) is 0. The maximum absolute atomic E-state index is 12.7. The third kappa shape index (κ3) is 4.51. The predicted octanol–water partition coefficient (Wildman–Crippen LogP) is 2.00. The van der Waals surface area contributed by atoms with Crippen LogP contribution < -0.4 is 0 Å². The average molecular weight is 579 g/mol. The van der Waals surface area contributed by atoms with Gasteiger partial charge >= 0.3 is 11.9 Å². The van der Waals surface area contributed by atoms with E-state index in [1.807, 2.05) is 0 Å². The molecule has 0 spiro atoms. The number of fused-ring (bicyclic) bond motifs is 5. The molecule has 0 bridgehead atoms. The Kier molecular flexibility index (Phi) is 7.39. The number of carbonyl (C=O) groups excluding carboxylic acids is 2. The largest absolute Gasteiger partial charge is 0.462 e. The van der Waals surface area contributed by atoms with Gasteiger partial charge in [-0.1, -0.05) is 13.8 Å². The number of aliphatic hydroxyl groups is 4. The van der Waals surface area contributed by atoms with Crippen molar-refractivity contribution in [2.45, 2.75) is 128 Å². The van der Waals surface area contributed by atoms with Gasteiger partial charge in [0.15, 0.2) is 6.29 Å². The van der Waals surface area contributed by atoms with Crippen LogP contribution in [0.25, 0.3) is 0 Å². The van der Waals surface area contributed by atoms with Crippen molar-refractivity contribution < 1.29 is 49.0 Å². The highest BCUT2D eigenvalue weighted by atomic mass is 16.7. The van der Waals surface area contributed by atoms with E-state index in [0.717, 1.165) is 50.5 Å². The van der Waals surface area contributed by atoms with E-state index in [-0.39, 0.29) is 41.9 Å². The highest BCUT2D eigenvalue weighted by molar-refractivity contribution is 5.85. The quantitative estimate of drug-likeness (QED) is 0.288. The average Bonchev–Trinajstić information content (AvgIpc) is 3.42. The lowest BCUT2D eigenvalue weighted by atomic mass is 9.43. The third-order valence-corrected chi connectivity index (χ3v) is 12.3. The van der Waals surface area contributed by atoms with Crippen molar-refractivity contribution in [3.63, 3.8) is 0 Å². The maximum atomic E-state index is 12.7. The van der Waals surface area contributed by atoms with E-state index in [1.165, 1.54) is 13.0 Å². The summed E-state index contributed by atoms with van der Waals surface area (Å²) in [5.41, 5.74) is -0.777. The van der Waals surface area contributed by atoms with E-state index in [0.29, 0.717) is 18.3 Å². The Balaban J connectivity index is 1.21. The zero-order chi connectivity index (χ0) is 29.5. The Bertz CT molecular complexity index is 1090. The molecular weight excluding hydrogens is 532 g/mol. The summed E-state index contributed by atoms with van der Waals surface area (Å²) < 4.78 is 23.0. The lowest BCUT2D eigenvalue weighted by Gasteiger charge is -2.63. The minimum Gasteiger partial charge on any atom is -0.462 e. The number of ether oxygens (including phenoxy) is 4. The molecule has 4 N–H and O–H groups in total. The number of rotatable bonds is 4. The smallest absolute Gasteiger partial charge is 0.331 e. The van der Waals surface area contributed by atoms with E-state index in [9.17, 15) is 30.0 Å². The Hall–Kier alpha value is -1.56. The molecular formula is C31H46O10. The van der Waals surface area contributed by atoms with Gasteiger partial charge in [-0.15, -0.1) is 0 Å².